The zero-order valence-electron chi connectivity index (χ0n) is 17.1. The number of aldehydes is 1. The van der Waals surface area contributed by atoms with Crippen molar-refractivity contribution in [1.29, 1.82) is 0 Å². The average Bonchev–Trinajstić information content (AvgIpc) is 2.67. The monoisotopic (exact) mass is 386 g/mol. The molecule has 1 aromatic rings. The highest BCUT2D eigenvalue weighted by Gasteiger charge is 2.41. The van der Waals surface area contributed by atoms with Gasteiger partial charge in [0.25, 0.3) is 0 Å². The van der Waals surface area contributed by atoms with Crippen LogP contribution in [0.2, 0.25) is 0 Å². The summed E-state index contributed by atoms with van der Waals surface area (Å²) in [7, 11) is 1.90. The van der Waals surface area contributed by atoms with Crippen LogP contribution in [-0.4, -0.2) is 56.1 Å². The van der Waals surface area contributed by atoms with Crippen molar-refractivity contribution in [2.75, 3.05) is 33.3 Å². The molecule has 2 heterocycles. The third kappa shape index (κ3) is 4.36. The lowest BCUT2D eigenvalue weighted by molar-refractivity contribution is -0.108. The highest BCUT2D eigenvalue weighted by Crippen LogP contribution is 2.41. The predicted octanol–water partition coefficient (Wildman–Crippen LogP) is 3.20. The van der Waals surface area contributed by atoms with Gasteiger partial charge >= 0.3 is 0 Å². The first-order valence-electron chi connectivity index (χ1n) is 11.0. The third-order valence-electron chi connectivity index (χ3n) is 6.92. The average molecular weight is 387 g/mol. The van der Waals surface area contributed by atoms with Gasteiger partial charge in [-0.1, -0.05) is 6.42 Å². The van der Waals surface area contributed by atoms with Crippen molar-refractivity contribution in [1.82, 2.24) is 10.2 Å². The topological polar surface area (TPSA) is 50.8 Å². The van der Waals surface area contributed by atoms with E-state index in [1.807, 2.05) is 13.1 Å². The molecule has 2 aliphatic heterocycles. The molecule has 0 radical (unpaired) electrons. The number of ether oxygens (including phenoxy) is 2. The second kappa shape index (κ2) is 8.83. The second-order valence-electron chi connectivity index (χ2n) is 8.81. The number of hydrogen-bond donors (Lipinski definition) is 1. The minimum Gasteiger partial charge on any atom is -0.493 e. The van der Waals surface area contributed by atoms with Crippen molar-refractivity contribution in [2.24, 2.45) is 5.92 Å². The number of nitrogens with zero attached hydrogens (tertiary/aromatic N) is 1. The van der Waals surface area contributed by atoms with Gasteiger partial charge in [0.2, 0.25) is 0 Å². The van der Waals surface area contributed by atoms with E-state index >= 15 is 0 Å². The summed E-state index contributed by atoms with van der Waals surface area (Å²) in [5.74, 6) is 2.12. The van der Waals surface area contributed by atoms with E-state index in [1.165, 1.54) is 37.9 Å². The van der Waals surface area contributed by atoms with Gasteiger partial charge in [-0.3, -0.25) is 0 Å². The van der Waals surface area contributed by atoms with Crippen LogP contribution < -0.4 is 14.8 Å². The van der Waals surface area contributed by atoms with Gasteiger partial charge in [0.15, 0.2) is 0 Å². The van der Waals surface area contributed by atoms with Crippen molar-refractivity contribution < 1.29 is 14.3 Å². The molecule has 2 fully saturated rings. The van der Waals surface area contributed by atoms with Gasteiger partial charge in [0.05, 0.1) is 6.61 Å². The standard InChI is InChI=1S/C23H34N2O3/c1-24-16-18(8-14-26)17-27-21-5-6-22-19(15-21)7-9-23(28-22)10-12-25(13-11-23)20-3-2-4-20/h5-6,14-15,18,20,24H,2-4,7-13,16-17H2,1H3. The molecular formula is C23H34N2O3. The van der Waals surface area contributed by atoms with Crippen molar-refractivity contribution in [3.05, 3.63) is 23.8 Å². The van der Waals surface area contributed by atoms with E-state index in [-0.39, 0.29) is 11.5 Å². The summed E-state index contributed by atoms with van der Waals surface area (Å²) in [6, 6.07) is 7.07. The van der Waals surface area contributed by atoms with Crippen molar-refractivity contribution in [3.63, 3.8) is 0 Å². The Hall–Kier alpha value is -1.59. The number of likely N-dealkylation sites (tertiary alicyclic amines) is 1. The first kappa shape index (κ1) is 19.7. The van der Waals surface area contributed by atoms with Crippen LogP contribution in [0, 0.1) is 5.92 Å². The Balaban J connectivity index is 1.33. The van der Waals surface area contributed by atoms with Crippen LogP contribution in [0.4, 0.5) is 0 Å². The molecule has 1 unspecified atom stereocenters. The van der Waals surface area contributed by atoms with Crippen LogP contribution in [0.3, 0.4) is 0 Å². The van der Waals surface area contributed by atoms with Gasteiger partial charge in [-0.25, -0.2) is 0 Å². The number of fused-ring (bicyclic) bond motifs is 1. The molecule has 1 saturated carbocycles. The van der Waals surface area contributed by atoms with Gasteiger partial charge in [0, 0.05) is 38.0 Å². The van der Waals surface area contributed by atoms with E-state index in [0.29, 0.717) is 13.0 Å². The van der Waals surface area contributed by atoms with Gasteiger partial charge in [-0.05, 0) is 69.3 Å². The van der Waals surface area contributed by atoms with Crippen LogP contribution in [-0.2, 0) is 11.2 Å². The van der Waals surface area contributed by atoms with Crippen molar-refractivity contribution in [2.45, 2.75) is 63.0 Å². The molecule has 3 aliphatic rings. The molecule has 1 saturated heterocycles. The van der Waals surface area contributed by atoms with Gasteiger partial charge in [-0.15, -0.1) is 0 Å². The normalized spacial score (nSPS) is 22.8. The predicted molar refractivity (Wildman–Crippen MR) is 110 cm³/mol. The molecule has 1 aliphatic carbocycles. The minimum absolute atomic E-state index is 0.0392. The quantitative estimate of drug-likeness (QED) is 0.696. The summed E-state index contributed by atoms with van der Waals surface area (Å²) in [5, 5.41) is 3.13. The highest BCUT2D eigenvalue weighted by molar-refractivity contribution is 5.49. The summed E-state index contributed by atoms with van der Waals surface area (Å²) in [6.07, 6.45) is 10.2. The largest absolute Gasteiger partial charge is 0.493 e. The maximum atomic E-state index is 10.8. The maximum absolute atomic E-state index is 10.8. The van der Waals surface area contributed by atoms with Crippen LogP contribution in [0.5, 0.6) is 11.5 Å². The van der Waals surface area contributed by atoms with E-state index in [9.17, 15) is 4.79 Å². The Morgan fingerprint density at radius 2 is 2.14 bits per heavy atom. The Morgan fingerprint density at radius 3 is 2.82 bits per heavy atom. The van der Waals surface area contributed by atoms with E-state index < -0.39 is 0 Å². The summed E-state index contributed by atoms with van der Waals surface area (Å²) >= 11 is 0. The molecule has 4 rings (SSSR count). The number of piperidine rings is 1. The van der Waals surface area contributed by atoms with Crippen LogP contribution in [0.15, 0.2) is 18.2 Å². The zero-order chi connectivity index (χ0) is 19.4. The smallest absolute Gasteiger partial charge is 0.123 e. The highest BCUT2D eigenvalue weighted by atomic mass is 16.5. The van der Waals surface area contributed by atoms with Crippen LogP contribution in [0.1, 0.15) is 50.5 Å². The lowest BCUT2D eigenvalue weighted by Crippen LogP contribution is -2.53. The summed E-state index contributed by atoms with van der Waals surface area (Å²) < 4.78 is 12.5. The number of benzene rings is 1. The zero-order valence-corrected chi connectivity index (χ0v) is 17.1. The van der Waals surface area contributed by atoms with Crippen molar-refractivity contribution >= 4 is 6.29 Å². The van der Waals surface area contributed by atoms with E-state index in [4.69, 9.17) is 9.47 Å². The molecule has 0 bridgehead atoms. The second-order valence-corrected chi connectivity index (χ2v) is 8.81. The lowest BCUT2D eigenvalue weighted by Gasteiger charge is -2.48. The summed E-state index contributed by atoms with van der Waals surface area (Å²) in [5.41, 5.74) is 1.29. The fourth-order valence-electron chi connectivity index (χ4n) is 4.84. The van der Waals surface area contributed by atoms with Gasteiger partial charge in [0.1, 0.15) is 23.4 Å². The molecule has 0 amide bonds. The molecule has 154 valence electrons. The van der Waals surface area contributed by atoms with Crippen LogP contribution >= 0.6 is 0 Å². The van der Waals surface area contributed by atoms with E-state index in [2.05, 4.69) is 22.3 Å². The minimum atomic E-state index is 0.0392. The fraction of sp³-hybridized carbons (Fsp3) is 0.696. The SMILES string of the molecule is CNCC(CC=O)COc1ccc2c(c1)CCC1(CCN(C3CCC3)CC1)O2. The molecule has 1 N–H and O–H groups in total. The van der Waals surface area contributed by atoms with Gasteiger partial charge < -0.3 is 24.5 Å². The first-order valence-corrected chi connectivity index (χ1v) is 11.0. The number of carbonyl (C=O) groups excluding carboxylic acids is 1. The van der Waals surface area contributed by atoms with E-state index in [0.717, 1.165) is 56.1 Å². The number of rotatable bonds is 8. The van der Waals surface area contributed by atoms with Crippen LogP contribution in [0.25, 0.3) is 0 Å². The maximum Gasteiger partial charge on any atom is 0.123 e. The fourth-order valence-corrected chi connectivity index (χ4v) is 4.84. The Labute approximate surface area is 168 Å². The molecule has 1 spiro atoms. The number of carbonyl (C=O) groups is 1. The lowest BCUT2D eigenvalue weighted by atomic mass is 9.81. The number of hydrogen-bond acceptors (Lipinski definition) is 5. The third-order valence-corrected chi connectivity index (χ3v) is 6.92. The molecule has 0 aromatic heterocycles. The number of nitrogens with one attached hydrogen (secondary N) is 1. The first-order chi connectivity index (χ1) is 13.7. The summed E-state index contributed by atoms with van der Waals surface area (Å²) in [6.45, 7) is 3.71. The molecule has 1 atom stereocenters. The van der Waals surface area contributed by atoms with E-state index in [1.54, 1.807) is 0 Å². The molecule has 28 heavy (non-hydrogen) atoms. The molecule has 1 aromatic carbocycles. The molecular weight excluding hydrogens is 352 g/mol. The number of aryl methyl sites for hydroxylation is 1. The molecule has 5 heteroatoms. The molecule has 5 nitrogen and oxygen atoms in total. The summed E-state index contributed by atoms with van der Waals surface area (Å²) in [4.78, 5) is 13.5. The van der Waals surface area contributed by atoms with Gasteiger partial charge in [-0.2, -0.15) is 0 Å². The van der Waals surface area contributed by atoms with Crippen molar-refractivity contribution in [3.8, 4) is 11.5 Å². The Kier molecular flexibility index (Phi) is 6.22. The Bertz CT molecular complexity index is 666. The Morgan fingerprint density at radius 1 is 1.32 bits per heavy atom.